The zero-order valence-corrected chi connectivity index (χ0v) is 10.8. The number of carbonyl (C=O) groups is 1. The Morgan fingerprint density at radius 1 is 1.35 bits per heavy atom. The second-order valence-corrected chi connectivity index (χ2v) is 4.02. The van der Waals surface area contributed by atoms with Crippen LogP contribution in [0.3, 0.4) is 0 Å². The summed E-state index contributed by atoms with van der Waals surface area (Å²) in [7, 11) is 1.67. The quantitative estimate of drug-likeness (QED) is 0.867. The van der Waals surface area contributed by atoms with Gasteiger partial charge in [-0.1, -0.05) is 12.2 Å². The van der Waals surface area contributed by atoms with Crippen molar-refractivity contribution in [2.75, 3.05) is 13.7 Å². The molecule has 0 spiro atoms. The molecule has 0 bridgehead atoms. The molecule has 92 valence electrons. The zero-order valence-electron chi connectivity index (χ0n) is 10.8. The summed E-state index contributed by atoms with van der Waals surface area (Å²) in [5.41, 5.74) is 3.41. The molecule has 0 saturated carbocycles. The van der Waals surface area contributed by atoms with Crippen LogP contribution < -0.4 is 10.1 Å². The normalized spacial score (nSPS) is 10.6. The minimum Gasteiger partial charge on any atom is -0.496 e. The molecule has 0 radical (unpaired) electrons. The lowest BCUT2D eigenvalue weighted by molar-refractivity contribution is -0.118. The third kappa shape index (κ3) is 3.94. The Morgan fingerprint density at radius 3 is 2.65 bits per heavy atom. The Morgan fingerprint density at radius 2 is 2.06 bits per heavy atom. The Kier molecular flexibility index (Phi) is 4.76. The molecular formula is C14H19NO2. The van der Waals surface area contributed by atoms with Crippen LogP contribution in [0.1, 0.15) is 23.6 Å². The minimum atomic E-state index is -0.0164. The van der Waals surface area contributed by atoms with Gasteiger partial charge in [-0.15, -0.1) is 0 Å². The Balaban J connectivity index is 2.78. The lowest BCUT2D eigenvalue weighted by Gasteiger charge is -2.08. The lowest BCUT2D eigenvalue weighted by Crippen LogP contribution is -2.19. The average molecular weight is 233 g/mol. The van der Waals surface area contributed by atoms with Crippen molar-refractivity contribution in [2.45, 2.75) is 20.8 Å². The molecule has 3 nitrogen and oxygen atoms in total. The highest BCUT2D eigenvalue weighted by atomic mass is 16.5. The average Bonchev–Trinajstić information content (AvgIpc) is 2.28. The molecule has 0 aliphatic carbocycles. The lowest BCUT2D eigenvalue weighted by atomic mass is 10.0. The van der Waals surface area contributed by atoms with E-state index in [0.717, 1.165) is 22.4 Å². The molecule has 1 rings (SSSR count). The molecule has 0 fully saturated rings. The topological polar surface area (TPSA) is 38.3 Å². The maximum atomic E-state index is 10.7. The number of hydrogen-bond acceptors (Lipinski definition) is 2. The van der Waals surface area contributed by atoms with Crippen molar-refractivity contribution in [2.24, 2.45) is 0 Å². The summed E-state index contributed by atoms with van der Waals surface area (Å²) >= 11 is 0. The number of methoxy groups -OCH3 is 1. The molecule has 1 aromatic rings. The van der Waals surface area contributed by atoms with E-state index in [9.17, 15) is 4.79 Å². The van der Waals surface area contributed by atoms with E-state index in [0.29, 0.717) is 6.54 Å². The van der Waals surface area contributed by atoms with Gasteiger partial charge in [-0.3, -0.25) is 4.79 Å². The predicted molar refractivity (Wildman–Crippen MR) is 70.2 cm³/mol. The van der Waals surface area contributed by atoms with Crippen molar-refractivity contribution in [1.29, 1.82) is 0 Å². The van der Waals surface area contributed by atoms with Crippen molar-refractivity contribution >= 4 is 12.0 Å². The fraction of sp³-hybridized carbons (Fsp3) is 0.357. The van der Waals surface area contributed by atoms with Crippen LogP contribution >= 0.6 is 0 Å². The number of nitrogens with one attached hydrogen (secondary N) is 1. The van der Waals surface area contributed by atoms with Gasteiger partial charge in [-0.2, -0.15) is 0 Å². The van der Waals surface area contributed by atoms with Crippen LogP contribution in [-0.4, -0.2) is 19.6 Å². The molecular weight excluding hydrogens is 214 g/mol. The first-order valence-electron chi connectivity index (χ1n) is 5.61. The van der Waals surface area contributed by atoms with Crippen LogP contribution in [0.4, 0.5) is 0 Å². The predicted octanol–water partition coefficient (Wildman–Crippen LogP) is 2.46. The van der Waals surface area contributed by atoms with Crippen LogP contribution in [0.2, 0.25) is 0 Å². The van der Waals surface area contributed by atoms with Gasteiger partial charge >= 0.3 is 0 Å². The number of carbonyl (C=O) groups excluding carboxylic acids is 1. The van der Waals surface area contributed by atoms with E-state index in [-0.39, 0.29) is 5.91 Å². The van der Waals surface area contributed by atoms with E-state index in [1.54, 1.807) is 7.11 Å². The van der Waals surface area contributed by atoms with Gasteiger partial charge < -0.3 is 10.1 Å². The summed E-state index contributed by atoms with van der Waals surface area (Å²) < 4.78 is 5.26. The second-order valence-electron chi connectivity index (χ2n) is 4.02. The van der Waals surface area contributed by atoms with E-state index in [2.05, 4.69) is 11.4 Å². The maximum Gasteiger partial charge on any atom is 0.217 e. The largest absolute Gasteiger partial charge is 0.496 e. The van der Waals surface area contributed by atoms with Gasteiger partial charge in [0, 0.05) is 13.5 Å². The monoisotopic (exact) mass is 233 g/mol. The van der Waals surface area contributed by atoms with Crippen LogP contribution in [0.5, 0.6) is 5.75 Å². The highest BCUT2D eigenvalue weighted by Crippen LogP contribution is 2.23. The molecule has 1 N–H and O–H groups in total. The molecule has 0 saturated heterocycles. The summed E-state index contributed by atoms with van der Waals surface area (Å²) in [5.74, 6) is 0.888. The van der Waals surface area contributed by atoms with Gasteiger partial charge in [-0.25, -0.2) is 0 Å². The van der Waals surface area contributed by atoms with E-state index in [1.807, 2.05) is 32.1 Å². The zero-order chi connectivity index (χ0) is 12.8. The van der Waals surface area contributed by atoms with Crippen molar-refractivity contribution in [3.8, 4) is 5.75 Å². The SMILES string of the molecule is COc1cc(C)c(C=CCNC(C)=O)cc1C. The maximum absolute atomic E-state index is 10.7. The summed E-state index contributed by atoms with van der Waals surface area (Å²) in [5, 5.41) is 2.72. The highest BCUT2D eigenvalue weighted by Gasteiger charge is 2.02. The summed E-state index contributed by atoms with van der Waals surface area (Å²) in [6.07, 6.45) is 3.95. The van der Waals surface area contributed by atoms with Gasteiger partial charge in [0.2, 0.25) is 5.91 Å². The number of amides is 1. The Hall–Kier alpha value is -1.77. The molecule has 1 aromatic carbocycles. The highest BCUT2D eigenvalue weighted by molar-refractivity contribution is 5.73. The number of rotatable bonds is 4. The molecule has 0 heterocycles. The molecule has 0 aromatic heterocycles. The first-order valence-corrected chi connectivity index (χ1v) is 5.61. The first kappa shape index (κ1) is 13.3. The van der Waals surface area contributed by atoms with Crippen molar-refractivity contribution in [3.05, 3.63) is 34.9 Å². The summed E-state index contributed by atoms with van der Waals surface area (Å²) in [6, 6.07) is 4.10. The molecule has 0 atom stereocenters. The van der Waals surface area contributed by atoms with Crippen molar-refractivity contribution < 1.29 is 9.53 Å². The van der Waals surface area contributed by atoms with Crippen LogP contribution in [0.15, 0.2) is 18.2 Å². The Labute approximate surface area is 102 Å². The standard InChI is InChI=1S/C14H19NO2/c1-10-9-14(17-4)11(2)8-13(10)6-5-7-15-12(3)16/h5-6,8-9H,7H2,1-4H3,(H,15,16). The number of aryl methyl sites for hydroxylation is 2. The van der Waals surface area contributed by atoms with Gasteiger partial charge in [0.1, 0.15) is 5.75 Å². The first-order chi connectivity index (χ1) is 8.04. The number of ether oxygens (including phenoxy) is 1. The smallest absolute Gasteiger partial charge is 0.217 e. The molecule has 0 aliphatic rings. The van der Waals surface area contributed by atoms with Gasteiger partial charge in [0.25, 0.3) is 0 Å². The third-order valence-electron chi connectivity index (χ3n) is 2.55. The summed E-state index contributed by atoms with van der Waals surface area (Å²) in [4.78, 5) is 10.7. The molecule has 0 unspecified atom stereocenters. The van der Waals surface area contributed by atoms with Crippen LogP contribution in [0, 0.1) is 13.8 Å². The molecule has 0 aliphatic heterocycles. The van der Waals surface area contributed by atoms with Crippen molar-refractivity contribution in [3.63, 3.8) is 0 Å². The second kappa shape index (κ2) is 6.09. The molecule has 3 heteroatoms. The van der Waals surface area contributed by atoms with E-state index in [1.165, 1.54) is 6.92 Å². The number of benzene rings is 1. The Bertz CT molecular complexity index is 436. The van der Waals surface area contributed by atoms with E-state index in [4.69, 9.17) is 4.74 Å². The molecule has 17 heavy (non-hydrogen) atoms. The fourth-order valence-corrected chi connectivity index (χ4v) is 1.60. The summed E-state index contributed by atoms with van der Waals surface area (Å²) in [6.45, 7) is 6.12. The minimum absolute atomic E-state index is 0.0164. The number of hydrogen-bond donors (Lipinski definition) is 1. The van der Waals surface area contributed by atoms with E-state index < -0.39 is 0 Å². The van der Waals surface area contributed by atoms with Gasteiger partial charge in [0.15, 0.2) is 0 Å². The third-order valence-corrected chi connectivity index (χ3v) is 2.55. The van der Waals surface area contributed by atoms with Crippen LogP contribution in [0.25, 0.3) is 6.08 Å². The van der Waals surface area contributed by atoms with Crippen LogP contribution in [-0.2, 0) is 4.79 Å². The molecule has 1 amide bonds. The van der Waals surface area contributed by atoms with Gasteiger partial charge in [-0.05, 0) is 42.7 Å². The van der Waals surface area contributed by atoms with E-state index >= 15 is 0 Å². The van der Waals surface area contributed by atoms with Gasteiger partial charge in [0.05, 0.1) is 7.11 Å². The fourth-order valence-electron chi connectivity index (χ4n) is 1.60. The van der Waals surface area contributed by atoms with Crippen molar-refractivity contribution in [1.82, 2.24) is 5.32 Å².